The van der Waals surface area contributed by atoms with Crippen molar-refractivity contribution in [1.29, 1.82) is 0 Å². The van der Waals surface area contributed by atoms with Gasteiger partial charge >= 0.3 is 5.97 Å². The number of thioether (sulfide) groups is 1. The molecule has 0 saturated heterocycles. The highest BCUT2D eigenvalue weighted by atomic mass is 35.5. The smallest absolute Gasteiger partial charge is 0.335 e. The molecule has 0 saturated carbocycles. The number of aliphatic imine (C=N–C) groups is 1. The largest absolute Gasteiger partial charge is 0.496 e. The Hall–Kier alpha value is -2.70. The van der Waals surface area contributed by atoms with Gasteiger partial charge in [0.15, 0.2) is 5.17 Å². The summed E-state index contributed by atoms with van der Waals surface area (Å²) in [7, 11) is 1.58. The highest BCUT2D eigenvalue weighted by Gasteiger charge is 2.39. The van der Waals surface area contributed by atoms with Gasteiger partial charge in [-0.3, -0.25) is 0 Å². The molecule has 0 aliphatic carbocycles. The molecular weight excluding hydrogens is 396 g/mol. The van der Waals surface area contributed by atoms with Gasteiger partial charge in [0.2, 0.25) is 0 Å². The summed E-state index contributed by atoms with van der Waals surface area (Å²) >= 11 is 7.51. The lowest BCUT2D eigenvalue weighted by molar-refractivity contribution is -0.133. The van der Waals surface area contributed by atoms with Gasteiger partial charge in [0.05, 0.1) is 24.4 Å². The SMILES string of the molecule is COc1ccccc1C1C(C(=O)O)=C(C)N=C2SC(c3ccc(Cl)cc3)=CN21. The maximum atomic E-state index is 12.1. The standard InChI is InChI=1S/C21H17ClN2O3S/c1-12-18(20(25)26)19(15-5-3-4-6-16(15)27-2)24-11-17(28-21(24)23-12)13-7-9-14(22)10-8-13/h3-11,19H,1-2H3,(H,25,26). The van der Waals surface area contributed by atoms with E-state index in [-0.39, 0.29) is 5.57 Å². The first kappa shape index (κ1) is 18.7. The van der Waals surface area contributed by atoms with Crippen LogP contribution in [0.1, 0.15) is 24.1 Å². The number of benzene rings is 2. The number of allylic oxidation sites excluding steroid dienone is 1. The number of nitrogens with zero attached hydrogens (tertiary/aromatic N) is 2. The van der Waals surface area contributed by atoms with Gasteiger partial charge in [0.1, 0.15) is 5.75 Å². The first-order valence-corrected chi connectivity index (χ1v) is 9.78. The summed E-state index contributed by atoms with van der Waals surface area (Å²) in [6.45, 7) is 1.73. The molecule has 0 aromatic heterocycles. The molecule has 1 N–H and O–H groups in total. The zero-order valence-electron chi connectivity index (χ0n) is 15.2. The highest BCUT2D eigenvalue weighted by Crippen LogP contribution is 2.47. The lowest BCUT2D eigenvalue weighted by Crippen LogP contribution is -2.33. The van der Waals surface area contributed by atoms with E-state index in [1.54, 1.807) is 14.0 Å². The van der Waals surface area contributed by atoms with E-state index in [9.17, 15) is 9.90 Å². The number of methoxy groups -OCH3 is 1. The summed E-state index contributed by atoms with van der Waals surface area (Å²) in [5.41, 5.74) is 2.51. The number of fused-ring (bicyclic) bond motifs is 1. The van der Waals surface area contributed by atoms with Crippen molar-refractivity contribution in [1.82, 2.24) is 4.90 Å². The van der Waals surface area contributed by atoms with Gasteiger partial charge in [-0.05, 0) is 42.4 Å². The zero-order valence-corrected chi connectivity index (χ0v) is 16.8. The number of para-hydroxylation sites is 1. The fourth-order valence-electron chi connectivity index (χ4n) is 3.38. The quantitative estimate of drug-likeness (QED) is 0.751. The molecule has 0 fully saturated rings. The van der Waals surface area contributed by atoms with Crippen LogP contribution in [0.2, 0.25) is 5.02 Å². The monoisotopic (exact) mass is 412 g/mol. The predicted octanol–water partition coefficient (Wildman–Crippen LogP) is 5.17. The van der Waals surface area contributed by atoms with E-state index >= 15 is 0 Å². The number of aliphatic carboxylic acids is 1. The van der Waals surface area contributed by atoms with E-state index in [0.717, 1.165) is 21.2 Å². The molecular formula is C21H17ClN2O3S. The molecule has 2 aliphatic rings. The zero-order chi connectivity index (χ0) is 19.8. The number of halogens is 1. The first-order valence-electron chi connectivity index (χ1n) is 8.59. The van der Waals surface area contributed by atoms with Crippen LogP contribution in [0.5, 0.6) is 5.75 Å². The van der Waals surface area contributed by atoms with Gasteiger partial charge in [-0.2, -0.15) is 0 Å². The third-order valence-electron chi connectivity index (χ3n) is 4.68. The third kappa shape index (κ3) is 3.19. The van der Waals surface area contributed by atoms with Gasteiger partial charge in [-0.15, -0.1) is 0 Å². The molecule has 2 heterocycles. The number of hydrogen-bond donors (Lipinski definition) is 1. The molecule has 1 atom stereocenters. The van der Waals surface area contributed by atoms with Crippen LogP contribution in [0.25, 0.3) is 4.91 Å². The molecule has 1 unspecified atom stereocenters. The average Bonchev–Trinajstić information content (AvgIpc) is 3.10. The highest BCUT2D eigenvalue weighted by molar-refractivity contribution is 8.22. The van der Waals surface area contributed by atoms with Crippen molar-refractivity contribution in [2.45, 2.75) is 13.0 Å². The molecule has 4 rings (SSSR count). The Labute approximate surface area is 172 Å². The lowest BCUT2D eigenvalue weighted by Gasteiger charge is -2.33. The van der Waals surface area contributed by atoms with E-state index in [1.807, 2.05) is 59.6 Å². The van der Waals surface area contributed by atoms with E-state index in [0.29, 0.717) is 16.5 Å². The molecule has 28 heavy (non-hydrogen) atoms. The Balaban J connectivity index is 1.85. The average molecular weight is 413 g/mol. The second-order valence-electron chi connectivity index (χ2n) is 6.35. The van der Waals surface area contributed by atoms with Gasteiger partial charge < -0.3 is 14.7 Å². The van der Waals surface area contributed by atoms with Crippen LogP contribution >= 0.6 is 23.4 Å². The Morgan fingerprint density at radius 3 is 2.61 bits per heavy atom. The Bertz CT molecular complexity index is 1040. The summed E-state index contributed by atoms with van der Waals surface area (Å²) < 4.78 is 5.51. The number of carboxylic acid groups (broad SMARTS) is 1. The van der Waals surface area contributed by atoms with E-state index in [4.69, 9.17) is 16.3 Å². The van der Waals surface area contributed by atoms with Crippen LogP contribution in [-0.4, -0.2) is 28.3 Å². The fourth-order valence-corrected chi connectivity index (χ4v) is 4.57. The summed E-state index contributed by atoms with van der Waals surface area (Å²) in [5.74, 6) is -0.354. The molecule has 0 radical (unpaired) electrons. The van der Waals surface area contributed by atoms with Gasteiger partial charge in [0, 0.05) is 21.7 Å². The summed E-state index contributed by atoms with van der Waals surface area (Å²) in [4.78, 5) is 19.5. The van der Waals surface area contributed by atoms with Crippen LogP contribution in [0.4, 0.5) is 0 Å². The molecule has 2 aromatic carbocycles. The maximum absolute atomic E-state index is 12.1. The van der Waals surface area contributed by atoms with E-state index in [2.05, 4.69) is 4.99 Å². The number of ether oxygens (including phenoxy) is 1. The number of carbonyl (C=O) groups is 1. The molecule has 0 spiro atoms. The summed E-state index contributed by atoms with van der Waals surface area (Å²) in [6, 6.07) is 14.5. The maximum Gasteiger partial charge on any atom is 0.335 e. The number of hydrogen-bond acceptors (Lipinski definition) is 5. The number of carboxylic acids is 1. The van der Waals surface area contributed by atoms with Crippen molar-refractivity contribution in [3.63, 3.8) is 0 Å². The van der Waals surface area contributed by atoms with E-state index < -0.39 is 12.0 Å². The molecule has 142 valence electrons. The van der Waals surface area contributed by atoms with Crippen molar-refractivity contribution in [2.75, 3.05) is 7.11 Å². The predicted molar refractivity (Wildman–Crippen MR) is 112 cm³/mol. The van der Waals surface area contributed by atoms with Crippen molar-refractivity contribution in [3.05, 3.63) is 82.2 Å². The van der Waals surface area contributed by atoms with Crippen LogP contribution < -0.4 is 4.74 Å². The topological polar surface area (TPSA) is 62.1 Å². The molecule has 2 aliphatic heterocycles. The Kier molecular flexibility index (Phi) is 4.91. The van der Waals surface area contributed by atoms with Crippen molar-refractivity contribution >= 4 is 39.4 Å². The molecule has 0 amide bonds. The summed E-state index contributed by atoms with van der Waals surface area (Å²) in [5, 5.41) is 11.3. The molecule has 2 aromatic rings. The minimum absolute atomic E-state index is 0.238. The second kappa shape index (κ2) is 7.37. The number of rotatable bonds is 4. The molecule has 7 heteroatoms. The van der Waals surface area contributed by atoms with Gasteiger partial charge in [-0.25, -0.2) is 9.79 Å². The van der Waals surface area contributed by atoms with Crippen molar-refractivity contribution < 1.29 is 14.6 Å². The molecule has 0 bridgehead atoms. The number of amidine groups is 1. The lowest BCUT2D eigenvalue weighted by atomic mass is 9.94. The fraction of sp³-hybridized carbons (Fsp3) is 0.143. The third-order valence-corrected chi connectivity index (χ3v) is 5.97. The summed E-state index contributed by atoms with van der Waals surface area (Å²) in [6.07, 6.45) is 1.94. The van der Waals surface area contributed by atoms with Crippen LogP contribution in [-0.2, 0) is 4.79 Å². The minimum atomic E-state index is -0.991. The van der Waals surface area contributed by atoms with Crippen molar-refractivity contribution in [2.24, 2.45) is 4.99 Å². The normalized spacial score (nSPS) is 18.5. The van der Waals surface area contributed by atoms with Crippen LogP contribution in [0.15, 0.2) is 71.0 Å². The molecule has 5 nitrogen and oxygen atoms in total. The van der Waals surface area contributed by atoms with Crippen molar-refractivity contribution in [3.8, 4) is 5.75 Å². The van der Waals surface area contributed by atoms with Crippen LogP contribution in [0.3, 0.4) is 0 Å². The Morgan fingerprint density at radius 2 is 1.93 bits per heavy atom. The van der Waals surface area contributed by atoms with Crippen LogP contribution in [0, 0.1) is 0 Å². The minimum Gasteiger partial charge on any atom is -0.496 e. The van der Waals surface area contributed by atoms with Gasteiger partial charge in [0.25, 0.3) is 0 Å². The second-order valence-corrected chi connectivity index (χ2v) is 7.80. The van der Waals surface area contributed by atoms with Gasteiger partial charge in [-0.1, -0.05) is 41.9 Å². The van der Waals surface area contributed by atoms with E-state index in [1.165, 1.54) is 11.8 Å². The Morgan fingerprint density at radius 1 is 1.21 bits per heavy atom. The first-order chi connectivity index (χ1) is 13.5.